The Morgan fingerprint density at radius 1 is 1.38 bits per heavy atom. The van der Waals surface area contributed by atoms with E-state index in [1.54, 1.807) is 7.11 Å². The monoisotopic (exact) mass is 231 g/mol. The van der Waals surface area contributed by atoms with Crippen LogP contribution in [0.1, 0.15) is 40.0 Å². The highest BCUT2D eigenvalue weighted by molar-refractivity contribution is 5.69. The summed E-state index contributed by atoms with van der Waals surface area (Å²) in [5.41, 5.74) is -0.223. The zero-order chi connectivity index (χ0) is 12.6. The molecule has 0 heterocycles. The van der Waals surface area contributed by atoms with Gasteiger partial charge in [-0.2, -0.15) is 0 Å². The fourth-order valence-corrected chi connectivity index (χ4v) is 1.53. The van der Waals surface area contributed by atoms with E-state index in [4.69, 9.17) is 4.74 Å². The number of rotatable bonds is 8. The summed E-state index contributed by atoms with van der Waals surface area (Å²) in [5, 5.41) is 3.34. The molecule has 0 aliphatic rings. The van der Waals surface area contributed by atoms with Crippen LogP contribution in [0.15, 0.2) is 0 Å². The predicted molar refractivity (Wildman–Crippen MR) is 64.4 cm³/mol. The Labute approximate surface area is 98.7 Å². The summed E-state index contributed by atoms with van der Waals surface area (Å²) in [6, 6.07) is 0.113. The average Bonchev–Trinajstić information content (AvgIpc) is 2.25. The number of esters is 1. The van der Waals surface area contributed by atoms with E-state index in [1.165, 1.54) is 7.11 Å². The molecule has 1 N–H and O–H groups in total. The van der Waals surface area contributed by atoms with Gasteiger partial charge in [-0.3, -0.25) is 4.79 Å². The third kappa shape index (κ3) is 6.80. The first-order valence-corrected chi connectivity index (χ1v) is 5.80. The van der Waals surface area contributed by atoms with Gasteiger partial charge in [0.25, 0.3) is 0 Å². The molecule has 0 saturated carbocycles. The molecular formula is C12H25NO3. The molecule has 0 bridgehead atoms. The van der Waals surface area contributed by atoms with Crippen molar-refractivity contribution < 1.29 is 14.3 Å². The van der Waals surface area contributed by atoms with Gasteiger partial charge in [0.05, 0.1) is 19.1 Å². The van der Waals surface area contributed by atoms with Gasteiger partial charge in [0.15, 0.2) is 0 Å². The SMILES string of the molecule is CCCNC(CC(=O)OC)CC(C)(C)OC. The van der Waals surface area contributed by atoms with Crippen molar-refractivity contribution in [1.82, 2.24) is 5.32 Å². The fraction of sp³-hybridized carbons (Fsp3) is 0.917. The molecule has 0 radical (unpaired) electrons. The molecule has 0 saturated heterocycles. The molecule has 0 aliphatic carbocycles. The highest BCUT2D eigenvalue weighted by Gasteiger charge is 2.24. The average molecular weight is 231 g/mol. The minimum Gasteiger partial charge on any atom is -0.469 e. The lowest BCUT2D eigenvalue weighted by atomic mass is 9.96. The van der Waals surface area contributed by atoms with Gasteiger partial charge in [0.1, 0.15) is 0 Å². The summed E-state index contributed by atoms with van der Waals surface area (Å²) in [6.45, 7) is 7.04. The predicted octanol–water partition coefficient (Wildman–Crippen LogP) is 1.73. The molecule has 0 aromatic rings. The van der Waals surface area contributed by atoms with E-state index in [2.05, 4.69) is 17.0 Å². The lowest BCUT2D eigenvalue weighted by Crippen LogP contribution is -2.39. The Balaban J connectivity index is 4.24. The Morgan fingerprint density at radius 3 is 2.44 bits per heavy atom. The minimum atomic E-state index is -0.223. The van der Waals surface area contributed by atoms with Crippen molar-refractivity contribution >= 4 is 5.97 Å². The van der Waals surface area contributed by atoms with Crippen molar-refractivity contribution in [2.24, 2.45) is 0 Å². The quantitative estimate of drug-likeness (QED) is 0.646. The fourth-order valence-electron chi connectivity index (χ4n) is 1.53. The van der Waals surface area contributed by atoms with Crippen LogP contribution in [0, 0.1) is 0 Å². The number of hydrogen-bond acceptors (Lipinski definition) is 4. The number of methoxy groups -OCH3 is 2. The zero-order valence-corrected chi connectivity index (χ0v) is 11.1. The molecule has 0 spiro atoms. The smallest absolute Gasteiger partial charge is 0.307 e. The van der Waals surface area contributed by atoms with Gasteiger partial charge in [0.2, 0.25) is 0 Å². The molecule has 1 atom stereocenters. The van der Waals surface area contributed by atoms with E-state index >= 15 is 0 Å². The van der Waals surface area contributed by atoms with Crippen LogP contribution in [0.25, 0.3) is 0 Å². The first-order valence-electron chi connectivity index (χ1n) is 5.80. The van der Waals surface area contributed by atoms with Crippen molar-refractivity contribution in [3.05, 3.63) is 0 Å². The maximum Gasteiger partial charge on any atom is 0.307 e. The summed E-state index contributed by atoms with van der Waals surface area (Å²) >= 11 is 0. The van der Waals surface area contributed by atoms with E-state index in [9.17, 15) is 4.79 Å². The molecular weight excluding hydrogens is 206 g/mol. The van der Waals surface area contributed by atoms with E-state index in [0.29, 0.717) is 6.42 Å². The van der Waals surface area contributed by atoms with Crippen LogP contribution in [0.4, 0.5) is 0 Å². The molecule has 0 rings (SSSR count). The molecule has 0 aromatic heterocycles. The molecule has 4 heteroatoms. The second-order valence-corrected chi connectivity index (χ2v) is 4.60. The van der Waals surface area contributed by atoms with Gasteiger partial charge < -0.3 is 14.8 Å². The van der Waals surface area contributed by atoms with Crippen LogP contribution in [-0.4, -0.2) is 38.4 Å². The molecule has 0 fully saturated rings. The molecule has 96 valence electrons. The summed E-state index contributed by atoms with van der Waals surface area (Å²) in [6.07, 6.45) is 2.23. The molecule has 0 aromatic carbocycles. The van der Waals surface area contributed by atoms with Gasteiger partial charge >= 0.3 is 5.97 Å². The third-order valence-corrected chi connectivity index (χ3v) is 2.61. The van der Waals surface area contributed by atoms with E-state index in [0.717, 1.165) is 19.4 Å². The van der Waals surface area contributed by atoms with Crippen LogP contribution in [0.5, 0.6) is 0 Å². The Hall–Kier alpha value is -0.610. The van der Waals surface area contributed by atoms with Gasteiger partial charge in [-0.05, 0) is 33.2 Å². The van der Waals surface area contributed by atoms with Gasteiger partial charge in [0, 0.05) is 13.2 Å². The molecule has 0 aliphatic heterocycles. The largest absolute Gasteiger partial charge is 0.469 e. The van der Waals surface area contributed by atoms with Crippen molar-refractivity contribution in [3.63, 3.8) is 0 Å². The number of carbonyl (C=O) groups is 1. The van der Waals surface area contributed by atoms with Gasteiger partial charge in [-0.1, -0.05) is 6.92 Å². The highest BCUT2D eigenvalue weighted by atomic mass is 16.5. The van der Waals surface area contributed by atoms with Crippen LogP contribution < -0.4 is 5.32 Å². The standard InChI is InChI=1S/C12H25NO3/c1-6-7-13-10(8-11(14)15-4)9-12(2,3)16-5/h10,13H,6-9H2,1-5H3. The Morgan fingerprint density at radius 2 is 2.00 bits per heavy atom. The zero-order valence-electron chi connectivity index (χ0n) is 11.1. The van der Waals surface area contributed by atoms with E-state index < -0.39 is 0 Å². The summed E-state index contributed by atoms with van der Waals surface area (Å²) in [5.74, 6) is -0.180. The summed E-state index contributed by atoms with van der Waals surface area (Å²) < 4.78 is 10.1. The van der Waals surface area contributed by atoms with Crippen molar-refractivity contribution in [2.75, 3.05) is 20.8 Å². The van der Waals surface area contributed by atoms with Crippen molar-refractivity contribution in [2.45, 2.75) is 51.7 Å². The second kappa shape index (κ2) is 7.63. The van der Waals surface area contributed by atoms with Crippen LogP contribution in [0.2, 0.25) is 0 Å². The number of carbonyl (C=O) groups excluding carboxylic acids is 1. The maximum atomic E-state index is 11.3. The lowest BCUT2D eigenvalue weighted by molar-refractivity contribution is -0.141. The molecule has 1 unspecified atom stereocenters. The normalized spacial score (nSPS) is 13.6. The minimum absolute atomic E-state index is 0.113. The molecule has 0 amide bonds. The number of hydrogen-bond donors (Lipinski definition) is 1. The first-order chi connectivity index (χ1) is 7.45. The lowest BCUT2D eigenvalue weighted by Gasteiger charge is -2.28. The Bertz CT molecular complexity index is 204. The van der Waals surface area contributed by atoms with E-state index in [-0.39, 0.29) is 17.6 Å². The number of nitrogens with one attached hydrogen (secondary N) is 1. The van der Waals surface area contributed by atoms with Crippen molar-refractivity contribution in [1.29, 1.82) is 0 Å². The topological polar surface area (TPSA) is 47.6 Å². The summed E-state index contributed by atoms with van der Waals surface area (Å²) in [7, 11) is 3.11. The third-order valence-electron chi connectivity index (χ3n) is 2.61. The first kappa shape index (κ1) is 15.4. The maximum absolute atomic E-state index is 11.3. The highest BCUT2D eigenvalue weighted by Crippen LogP contribution is 2.17. The van der Waals surface area contributed by atoms with E-state index in [1.807, 2.05) is 13.8 Å². The van der Waals surface area contributed by atoms with Gasteiger partial charge in [-0.25, -0.2) is 0 Å². The van der Waals surface area contributed by atoms with Crippen LogP contribution >= 0.6 is 0 Å². The van der Waals surface area contributed by atoms with Gasteiger partial charge in [-0.15, -0.1) is 0 Å². The molecule has 4 nitrogen and oxygen atoms in total. The molecule has 16 heavy (non-hydrogen) atoms. The van der Waals surface area contributed by atoms with Crippen LogP contribution in [-0.2, 0) is 14.3 Å². The number of ether oxygens (including phenoxy) is 2. The Kier molecular flexibility index (Phi) is 7.34. The van der Waals surface area contributed by atoms with Crippen molar-refractivity contribution in [3.8, 4) is 0 Å². The second-order valence-electron chi connectivity index (χ2n) is 4.60. The van der Waals surface area contributed by atoms with Crippen LogP contribution in [0.3, 0.4) is 0 Å². The summed E-state index contributed by atoms with van der Waals surface area (Å²) in [4.78, 5) is 11.3.